The normalized spacial score (nSPS) is 10.8. The number of benzene rings is 2. The molecule has 3 aromatic rings. The van der Waals surface area contributed by atoms with Crippen LogP contribution in [0, 0.1) is 6.92 Å². The molecule has 22 heavy (non-hydrogen) atoms. The van der Waals surface area contributed by atoms with Gasteiger partial charge in [0.1, 0.15) is 5.75 Å². The standard InChI is InChI=1S/C17H16N2O2S/c1-11-18-14(10-22-11)9-19(2)17(21)15-7-12-5-3-4-6-13(12)8-16(15)20/h3-8,10,20H,9H2,1-2H3. The zero-order valence-electron chi connectivity index (χ0n) is 12.4. The number of thiazole rings is 1. The largest absolute Gasteiger partial charge is 0.507 e. The van der Waals surface area contributed by atoms with E-state index in [2.05, 4.69) is 4.98 Å². The van der Waals surface area contributed by atoms with E-state index in [1.165, 1.54) is 0 Å². The van der Waals surface area contributed by atoms with Crippen molar-refractivity contribution in [1.82, 2.24) is 9.88 Å². The van der Waals surface area contributed by atoms with Gasteiger partial charge >= 0.3 is 0 Å². The third-order valence-electron chi connectivity index (χ3n) is 3.51. The lowest BCUT2D eigenvalue weighted by atomic mass is 10.1. The molecule has 0 aliphatic heterocycles. The van der Waals surface area contributed by atoms with Crippen molar-refractivity contribution in [3.05, 3.63) is 58.0 Å². The minimum atomic E-state index is -0.214. The van der Waals surface area contributed by atoms with Gasteiger partial charge in [-0.15, -0.1) is 11.3 Å². The maximum absolute atomic E-state index is 12.6. The molecule has 3 rings (SSSR count). The van der Waals surface area contributed by atoms with Crippen LogP contribution in [0.5, 0.6) is 5.75 Å². The first kappa shape index (κ1) is 14.5. The summed E-state index contributed by atoms with van der Waals surface area (Å²) in [6, 6.07) is 11.0. The average molecular weight is 312 g/mol. The predicted molar refractivity (Wildman–Crippen MR) is 88.3 cm³/mol. The predicted octanol–water partition coefficient (Wildman–Crippen LogP) is 3.58. The highest BCUT2D eigenvalue weighted by atomic mass is 32.1. The van der Waals surface area contributed by atoms with Gasteiger partial charge in [-0.25, -0.2) is 4.98 Å². The monoisotopic (exact) mass is 312 g/mol. The molecule has 0 radical (unpaired) electrons. The van der Waals surface area contributed by atoms with Crippen LogP contribution in [0.1, 0.15) is 21.1 Å². The molecule has 112 valence electrons. The molecule has 0 bridgehead atoms. The number of fused-ring (bicyclic) bond motifs is 1. The Kier molecular flexibility index (Phi) is 3.81. The lowest BCUT2D eigenvalue weighted by molar-refractivity contribution is 0.0781. The number of phenolic OH excluding ortho intramolecular Hbond substituents is 1. The van der Waals surface area contributed by atoms with Crippen molar-refractivity contribution < 1.29 is 9.90 Å². The zero-order valence-corrected chi connectivity index (χ0v) is 13.2. The number of aryl methyl sites for hydroxylation is 1. The third kappa shape index (κ3) is 2.80. The summed E-state index contributed by atoms with van der Waals surface area (Å²) in [5.74, 6) is -0.209. The maximum atomic E-state index is 12.6. The number of phenols is 1. The van der Waals surface area contributed by atoms with Crippen LogP contribution >= 0.6 is 11.3 Å². The van der Waals surface area contributed by atoms with Crippen LogP contribution in [0.2, 0.25) is 0 Å². The van der Waals surface area contributed by atoms with Gasteiger partial charge < -0.3 is 10.0 Å². The van der Waals surface area contributed by atoms with Gasteiger partial charge in [-0.2, -0.15) is 0 Å². The minimum absolute atomic E-state index is 0.00464. The van der Waals surface area contributed by atoms with Gasteiger partial charge in [0, 0.05) is 12.4 Å². The lowest BCUT2D eigenvalue weighted by Crippen LogP contribution is -2.26. The van der Waals surface area contributed by atoms with Crippen molar-refractivity contribution in [1.29, 1.82) is 0 Å². The highest BCUT2D eigenvalue weighted by Gasteiger charge is 2.17. The fourth-order valence-corrected chi connectivity index (χ4v) is 3.00. The van der Waals surface area contributed by atoms with Crippen molar-refractivity contribution in [2.45, 2.75) is 13.5 Å². The summed E-state index contributed by atoms with van der Waals surface area (Å²) in [7, 11) is 1.71. The van der Waals surface area contributed by atoms with E-state index in [1.807, 2.05) is 36.6 Å². The number of amides is 1. The van der Waals surface area contributed by atoms with Gasteiger partial charge in [-0.1, -0.05) is 24.3 Å². The summed E-state index contributed by atoms with van der Waals surface area (Å²) in [5.41, 5.74) is 1.17. The molecule has 1 amide bonds. The fourth-order valence-electron chi connectivity index (χ4n) is 2.40. The first-order valence-electron chi connectivity index (χ1n) is 6.93. The molecule has 1 N–H and O–H groups in total. The van der Waals surface area contributed by atoms with Crippen LogP contribution < -0.4 is 0 Å². The summed E-state index contributed by atoms with van der Waals surface area (Å²) in [5, 5.41) is 14.9. The zero-order chi connectivity index (χ0) is 15.7. The van der Waals surface area contributed by atoms with Crippen molar-refractivity contribution >= 4 is 28.0 Å². The molecule has 0 atom stereocenters. The van der Waals surface area contributed by atoms with E-state index < -0.39 is 0 Å². The van der Waals surface area contributed by atoms with Crippen LogP contribution in [0.4, 0.5) is 0 Å². The molecule has 0 saturated carbocycles. The summed E-state index contributed by atoms with van der Waals surface area (Å²) >= 11 is 1.56. The number of nitrogens with zero attached hydrogens (tertiary/aromatic N) is 2. The van der Waals surface area contributed by atoms with Crippen LogP contribution in [0.15, 0.2) is 41.8 Å². The van der Waals surface area contributed by atoms with Crippen LogP contribution in [0.25, 0.3) is 10.8 Å². The molecule has 4 nitrogen and oxygen atoms in total. The number of aromatic hydroxyl groups is 1. The average Bonchev–Trinajstić information content (AvgIpc) is 2.91. The Hall–Kier alpha value is -2.40. The number of carbonyl (C=O) groups excluding carboxylic acids is 1. The van der Waals surface area contributed by atoms with Gasteiger partial charge in [-0.05, 0) is 29.8 Å². The van der Waals surface area contributed by atoms with Gasteiger partial charge in [0.05, 0.1) is 22.8 Å². The van der Waals surface area contributed by atoms with Crippen LogP contribution in [0.3, 0.4) is 0 Å². The molecule has 1 heterocycles. The van der Waals surface area contributed by atoms with Crippen molar-refractivity contribution in [2.75, 3.05) is 7.05 Å². The molecule has 1 aromatic heterocycles. The number of aromatic nitrogens is 1. The molecule has 0 unspecified atom stereocenters. The topological polar surface area (TPSA) is 53.4 Å². The molecule has 0 aliphatic rings. The first-order valence-corrected chi connectivity index (χ1v) is 7.81. The Balaban J connectivity index is 1.89. The van der Waals surface area contributed by atoms with Crippen molar-refractivity contribution in [3.63, 3.8) is 0 Å². The highest BCUT2D eigenvalue weighted by molar-refractivity contribution is 7.09. The van der Waals surface area contributed by atoms with Gasteiger partial charge in [0.15, 0.2) is 0 Å². The van der Waals surface area contributed by atoms with E-state index in [9.17, 15) is 9.90 Å². The van der Waals surface area contributed by atoms with Crippen LogP contribution in [-0.2, 0) is 6.54 Å². The maximum Gasteiger partial charge on any atom is 0.257 e. The first-order chi connectivity index (χ1) is 10.5. The molecular formula is C17H16N2O2S. The smallest absolute Gasteiger partial charge is 0.257 e. The molecule has 0 saturated heterocycles. The second-order valence-corrected chi connectivity index (χ2v) is 6.30. The van der Waals surface area contributed by atoms with E-state index in [-0.39, 0.29) is 11.7 Å². The third-order valence-corrected chi connectivity index (χ3v) is 4.33. The second-order valence-electron chi connectivity index (χ2n) is 5.24. The number of rotatable bonds is 3. The molecule has 0 aliphatic carbocycles. The Morgan fingerprint density at radius 1 is 1.27 bits per heavy atom. The summed E-state index contributed by atoms with van der Waals surface area (Å²) in [4.78, 5) is 18.5. The van der Waals surface area contributed by atoms with Crippen molar-refractivity contribution in [3.8, 4) is 5.75 Å². The Morgan fingerprint density at radius 3 is 2.59 bits per heavy atom. The Labute approximate surface area is 132 Å². The van der Waals surface area contributed by atoms with E-state index in [1.54, 1.807) is 35.4 Å². The number of hydrogen-bond donors (Lipinski definition) is 1. The van der Waals surface area contributed by atoms with Gasteiger partial charge in [-0.3, -0.25) is 4.79 Å². The Morgan fingerprint density at radius 2 is 1.95 bits per heavy atom. The number of hydrogen-bond acceptors (Lipinski definition) is 4. The minimum Gasteiger partial charge on any atom is -0.507 e. The fraction of sp³-hybridized carbons (Fsp3) is 0.176. The van der Waals surface area contributed by atoms with E-state index in [0.29, 0.717) is 12.1 Å². The summed E-state index contributed by atoms with van der Waals surface area (Å²) < 4.78 is 0. The highest BCUT2D eigenvalue weighted by Crippen LogP contribution is 2.26. The lowest BCUT2D eigenvalue weighted by Gasteiger charge is -2.17. The van der Waals surface area contributed by atoms with Crippen molar-refractivity contribution in [2.24, 2.45) is 0 Å². The molecular weight excluding hydrogens is 296 g/mol. The van der Waals surface area contributed by atoms with Crippen LogP contribution in [-0.4, -0.2) is 27.9 Å². The molecule has 0 spiro atoms. The SMILES string of the molecule is Cc1nc(CN(C)C(=O)c2cc3ccccc3cc2O)cs1. The Bertz CT molecular complexity index is 842. The van der Waals surface area contributed by atoms with E-state index >= 15 is 0 Å². The molecule has 5 heteroatoms. The molecule has 2 aromatic carbocycles. The molecule has 0 fully saturated rings. The quantitative estimate of drug-likeness (QED) is 0.804. The second kappa shape index (κ2) is 5.77. The van der Waals surface area contributed by atoms with E-state index in [0.717, 1.165) is 21.5 Å². The van der Waals surface area contributed by atoms with Gasteiger partial charge in [0.25, 0.3) is 5.91 Å². The van der Waals surface area contributed by atoms with Gasteiger partial charge in [0.2, 0.25) is 0 Å². The summed E-state index contributed by atoms with van der Waals surface area (Å²) in [6.07, 6.45) is 0. The number of carbonyl (C=O) groups is 1. The van der Waals surface area contributed by atoms with E-state index in [4.69, 9.17) is 0 Å². The summed E-state index contributed by atoms with van der Waals surface area (Å²) in [6.45, 7) is 2.36.